The van der Waals surface area contributed by atoms with Crippen LogP contribution in [-0.2, 0) is 9.84 Å². The van der Waals surface area contributed by atoms with E-state index in [2.05, 4.69) is 0 Å². The number of hydrogen-bond acceptors (Lipinski definition) is 4. The molecule has 0 amide bonds. The molecule has 0 aliphatic heterocycles. The van der Waals surface area contributed by atoms with Gasteiger partial charge in [0.1, 0.15) is 28.7 Å². The second-order valence-corrected chi connectivity index (χ2v) is 9.98. The van der Waals surface area contributed by atoms with Crippen LogP contribution in [0.3, 0.4) is 0 Å². The van der Waals surface area contributed by atoms with Crippen molar-refractivity contribution in [3.05, 3.63) is 77.3 Å². The molecule has 0 saturated carbocycles. The van der Waals surface area contributed by atoms with E-state index in [0.29, 0.717) is 16.3 Å². The quantitative estimate of drug-likeness (QED) is 0.360. The molecule has 0 radical (unpaired) electrons. The first-order chi connectivity index (χ1) is 14.6. The molecule has 1 heterocycles. The van der Waals surface area contributed by atoms with Gasteiger partial charge in [-0.05, 0) is 36.4 Å². The number of hydrogen-bond donors (Lipinski definition) is 0. The van der Waals surface area contributed by atoms with E-state index in [1.807, 2.05) is 42.7 Å². The number of nitrogens with zero attached hydrogens (tertiary/aromatic N) is 2. The minimum absolute atomic E-state index is 0.0974. The van der Waals surface area contributed by atoms with E-state index in [4.69, 9.17) is 21.3 Å². The molecule has 4 aromatic rings. The fraction of sp³-hybridized carbons (Fsp3) is 0.174. The minimum Gasteiger partial charge on any atom is -0.457 e. The van der Waals surface area contributed by atoms with E-state index < -0.39 is 15.7 Å². The Hall–Kier alpha value is -2.90. The van der Waals surface area contributed by atoms with Gasteiger partial charge in [-0.1, -0.05) is 37.6 Å². The highest BCUT2D eigenvalue weighted by molar-refractivity contribution is 7.90. The van der Waals surface area contributed by atoms with Gasteiger partial charge in [-0.3, -0.25) is 4.57 Å². The van der Waals surface area contributed by atoms with Crippen molar-refractivity contribution in [2.45, 2.75) is 24.7 Å². The Kier molecular flexibility index (Phi) is 5.49. The third-order valence-corrected chi connectivity index (χ3v) is 6.16. The van der Waals surface area contributed by atoms with Crippen molar-refractivity contribution in [1.82, 2.24) is 9.55 Å². The fourth-order valence-electron chi connectivity index (χ4n) is 3.37. The highest BCUT2D eigenvalue weighted by Gasteiger charge is 2.18. The summed E-state index contributed by atoms with van der Waals surface area (Å²) < 4.78 is 45.4. The van der Waals surface area contributed by atoms with E-state index >= 15 is 0 Å². The average molecular weight is 459 g/mol. The van der Waals surface area contributed by atoms with Crippen LogP contribution in [0.15, 0.2) is 65.6 Å². The highest BCUT2D eigenvalue weighted by atomic mass is 35.5. The first-order valence-electron chi connectivity index (χ1n) is 9.59. The molecule has 0 aliphatic carbocycles. The zero-order valence-electron chi connectivity index (χ0n) is 17.1. The molecule has 160 valence electrons. The van der Waals surface area contributed by atoms with Crippen molar-refractivity contribution >= 4 is 32.5 Å². The summed E-state index contributed by atoms with van der Waals surface area (Å²) in [6, 6.07) is 16.3. The van der Waals surface area contributed by atoms with Gasteiger partial charge in [-0.25, -0.2) is 17.8 Å². The van der Waals surface area contributed by atoms with E-state index in [1.165, 1.54) is 6.07 Å². The number of para-hydroxylation sites is 1. The summed E-state index contributed by atoms with van der Waals surface area (Å²) in [5, 5.41) is 0.568. The van der Waals surface area contributed by atoms with Gasteiger partial charge < -0.3 is 4.74 Å². The maximum atomic E-state index is 13.9. The van der Waals surface area contributed by atoms with Crippen LogP contribution in [0.5, 0.6) is 11.5 Å². The molecular weight excluding hydrogens is 439 g/mol. The molecule has 0 unspecified atom stereocenters. The Morgan fingerprint density at radius 1 is 1.03 bits per heavy atom. The van der Waals surface area contributed by atoms with Gasteiger partial charge in [0.15, 0.2) is 9.84 Å². The van der Waals surface area contributed by atoms with E-state index in [1.54, 1.807) is 18.2 Å². The van der Waals surface area contributed by atoms with Crippen molar-refractivity contribution in [2.24, 2.45) is 0 Å². The van der Waals surface area contributed by atoms with Crippen LogP contribution >= 0.6 is 11.6 Å². The van der Waals surface area contributed by atoms with Crippen molar-refractivity contribution in [2.75, 3.05) is 6.26 Å². The molecule has 0 atom stereocenters. The van der Waals surface area contributed by atoms with Crippen LogP contribution in [0.25, 0.3) is 16.7 Å². The van der Waals surface area contributed by atoms with Crippen LogP contribution in [0.4, 0.5) is 4.39 Å². The lowest BCUT2D eigenvalue weighted by Gasteiger charge is -2.14. The maximum absolute atomic E-state index is 13.9. The zero-order chi connectivity index (χ0) is 22.3. The zero-order valence-corrected chi connectivity index (χ0v) is 18.7. The van der Waals surface area contributed by atoms with Crippen LogP contribution in [0.2, 0.25) is 5.02 Å². The van der Waals surface area contributed by atoms with E-state index in [0.717, 1.165) is 35.4 Å². The Labute approximate surface area is 185 Å². The summed E-state index contributed by atoms with van der Waals surface area (Å²) in [5.74, 6) is 0.812. The summed E-state index contributed by atoms with van der Waals surface area (Å²) in [5.41, 5.74) is 2.37. The molecule has 0 bridgehead atoms. The number of rotatable bonds is 5. The summed E-state index contributed by atoms with van der Waals surface area (Å²) in [4.78, 5) is 4.58. The van der Waals surface area contributed by atoms with Crippen LogP contribution in [-0.4, -0.2) is 24.2 Å². The Morgan fingerprint density at radius 2 is 1.77 bits per heavy atom. The van der Waals surface area contributed by atoms with Crippen molar-refractivity contribution < 1.29 is 17.5 Å². The van der Waals surface area contributed by atoms with Gasteiger partial charge >= 0.3 is 0 Å². The number of imidazole rings is 1. The molecular formula is C23H20ClFN2O3S. The third kappa shape index (κ3) is 4.29. The average Bonchev–Trinajstić information content (AvgIpc) is 3.08. The molecule has 3 aromatic carbocycles. The van der Waals surface area contributed by atoms with Gasteiger partial charge in [-0.15, -0.1) is 0 Å². The number of benzene rings is 3. The van der Waals surface area contributed by atoms with Crippen LogP contribution in [0.1, 0.15) is 25.6 Å². The van der Waals surface area contributed by atoms with Crippen molar-refractivity contribution in [3.8, 4) is 17.2 Å². The van der Waals surface area contributed by atoms with Gasteiger partial charge in [0.05, 0.1) is 21.1 Å². The Morgan fingerprint density at radius 3 is 2.48 bits per heavy atom. The summed E-state index contributed by atoms with van der Waals surface area (Å²) in [6.45, 7) is 4.09. The molecule has 0 saturated heterocycles. The van der Waals surface area contributed by atoms with E-state index in [-0.39, 0.29) is 16.6 Å². The number of ether oxygens (including phenoxy) is 1. The predicted octanol–water partition coefficient (Wildman–Crippen LogP) is 6.14. The molecule has 8 heteroatoms. The lowest BCUT2D eigenvalue weighted by atomic mass is 10.2. The number of fused-ring (bicyclic) bond motifs is 1. The standard InChI is InChI=1S/C23H20ClFN2O3S/c1-14(2)23-26-22-20(24)8-5-9-21(22)27(23)16-6-4-7-17(12-16)30-18-10-15(25)11-19(13-18)31(3,28)29/h4-14H,1-3H3. The number of halogens is 2. The second kappa shape index (κ2) is 7.98. The molecule has 0 fully saturated rings. The first-order valence-corrected chi connectivity index (χ1v) is 11.9. The predicted molar refractivity (Wildman–Crippen MR) is 120 cm³/mol. The third-order valence-electron chi connectivity index (χ3n) is 4.76. The molecule has 31 heavy (non-hydrogen) atoms. The lowest BCUT2D eigenvalue weighted by molar-refractivity contribution is 0.473. The second-order valence-electron chi connectivity index (χ2n) is 7.56. The van der Waals surface area contributed by atoms with Crippen LogP contribution in [0, 0.1) is 5.82 Å². The molecule has 0 spiro atoms. The Bertz CT molecular complexity index is 1400. The maximum Gasteiger partial charge on any atom is 0.175 e. The monoisotopic (exact) mass is 458 g/mol. The summed E-state index contributed by atoms with van der Waals surface area (Å²) in [7, 11) is -3.57. The largest absolute Gasteiger partial charge is 0.457 e. The number of sulfone groups is 1. The van der Waals surface area contributed by atoms with E-state index in [9.17, 15) is 12.8 Å². The topological polar surface area (TPSA) is 61.2 Å². The Balaban J connectivity index is 1.80. The summed E-state index contributed by atoms with van der Waals surface area (Å²) >= 11 is 6.35. The molecule has 5 nitrogen and oxygen atoms in total. The molecule has 0 aliphatic rings. The van der Waals surface area contributed by atoms with Gasteiger partial charge in [0.2, 0.25) is 0 Å². The van der Waals surface area contributed by atoms with Gasteiger partial charge in [-0.2, -0.15) is 0 Å². The molecule has 4 rings (SSSR count). The number of aromatic nitrogens is 2. The van der Waals surface area contributed by atoms with Crippen molar-refractivity contribution in [3.63, 3.8) is 0 Å². The minimum atomic E-state index is -3.57. The SMILES string of the molecule is CC(C)c1nc2c(Cl)cccc2n1-c1cccc(Oc2cc(F)cc(S(C)(=O)=O)c2)c1. The van der Waals surface area contributed by atoms with Gasteiger partial charge in [0, 0.05) is 24.3 Å². The normalized spacial score (nSPS) is 11.9. The smallest absolute Gasteiger partial charge is 0.175 e. The van der Waals surface area contributed by atoms with Gasteiger partial charge in [0.25, 0.3) is 0 Å². The molecule has 0 N–H and O–H groups in total. The fourth-order valence-corrected chi connectivity index (χ4v) is 4.24. The van der Waals surface area contributed by atoms with Crippen LogP contribution < -0.4 is 4.74 Å². The van der Waals surface area contributed by atoms with Crippen molar-refractivity contribution in [1.29, 1.82) is 0 Å². The summed E-state index contributed by atoms with van der Waals surface area (Å²) in [6.07, 6.45) is 1.02. The molecule has 1 aromatic heterocycles. The lowest BCUT2D eigenvalue weighted by Crippen LogP contribution is -2.03. The first kappa shape index (κ1) is 21.3. The highest BCUT2D eigenvalue weighted by Crippen LogP contribution is 2.32.